The fourth-order valence-electron chi connectivity index (χ4n) is 5.09. The van der Waals surface area contributed by atoms with Gasteiger partial charge in [-0.05, 0) is 73.0 Å². The first kappa shape index (κ1) is 25.3. The average molecular weight is 545 g/mol. The van der Waals surface area contributed by atoms with E-state index >= 15 is 0 Å². The summed E-state index contributed by atoms with van der Waals surface area (Å²) in [5, 5.41) is 8.82. The summed E-state index contributed by atoms with van der Waals surface area (Å²) in [7, 11) is 0. The van der Waals surface area contributed by atoms with Crippen molar-refractivity contribution in [2.45, 2.75) is 31.8 Å². The molecule has 1 aromatic carbocycles. The molecular formula is C29H29FN6O2S. The van der Waals surface area contributed by atoms with Crippen LogP contribution < -0.4 is 20.3 Å². The molecule has 0 unspecified atom stereocenters. The summed E-state index contributed by atoms with van der Waals surface area (Å²) >= 11 is 1.42. The fourth-order valence-corrected chi connectivity index (χ4v) is 5.84. The van der Waals surface area contributed by atoms with E-state index in [1.54, 1.807) is 29.0 Å². The van der Waals surface area contributed by atoms with E-state index in [9.17, 15) is 9.18 Å². The molecule has 6 rings (SSSR count). The molecule has 1 saturated heterocycles. The van der Waals surface area contributed by atoms with Gasteiger partial charge in [-0.25, -0.2) is 9.97 Å². The van der Waals surface area contributed by atoms with Crippen LogP contribution in [0.5, 0.6) is 5.75 Å². The molecule has 1 fully saturated rings. The number of benzene rings is 1. The highest BCUT2D eigenvalue weighted by Gasteiger charge is 2.28. The maximum atomic E-state index is 13.5. The van der Waals surface area contributed by atoms with Crippen LogP contribution in [0.4, 0.5) is 15.2 Å². The number of nitrogens with one attached hydrogen (secondary N) is 2. The predicted molar refractivity (Wildman–Crippen MR) is 150 cm³/mol. The number of ether oxygens (including phenoxy) is 1. The first-order valence-corrected chi connectivity index (χ1v) is 14.0. The molecule has 200 valence electrons. The number of carbonyl (C=O) groups is 1. The highest BCUT2D eigenvalue weighted by atomic mass is 32.1. The Kier molecular flexibility index (Phi) is 7.38. The summed E-state index contributed by atoms with van der Waals surface area (Å²) in [6.07, 6.45) is 8.29. The van der Waals surface area contributed by atoms with Gasteiger partial charge < -0.3 is 19.5 Å². The Morgan fingerprint density at radius 2 is 2.13 bits per heavy atom. The zero-order chi connectivity index (χ0) is 26.6. The number of anilines is 2. The van der Waals surface area contributed by atoms with Crippen molar-refractivity contribution in [2.75, 3.05) is 29.9 Å². The zero-order valence-corrected chi connectivity index (χ0v) is 22.2. The van der Waals surface area contributed by atoms with Crippen LogP contribution in [0.25, 0.3) is 0 Å². The predicted octanol–water partition coefficient (Wildman–Crippen LogP) is 5.38. The summed E-state index contributed by atoms with van der Waals surface area (Å²) in [5.41, 5.74) is 3.30. The third kappa shape index (κ3) is 5.86. The van der Waals surface area contributed by atoms with Crippen molar-refractivity contribution in [3.63, 3.8) is 0 Å². The SMILES string of the molecule is O=C(Nc1nc([C@H]2CCCN2c2ccc(OC3=CCNCC3)cc2)cs1)c1cccn1Cc1ccnc(F)c1. The van der Waals surface area contributed by atoms with Gasteiger partial charge in [0, 0.05) is 56.1 Å². The Balaban J connectivity index is 1.11. The number of aromatic nitrogens is 3. The maximum Gasteiger partial charge on any atom is 0.274 e. The molecule has 1 atom stereocenters. The van der Waals surface area contributed by atoms with Gasteiger partial charge >= 0.3 is 0 Å². The van der Waals surface area contributed by atoms with Crippen LogP contribution >= 0.6 is 11.3 Å². The quantitative estimate of drug-likeness (QED) is 0.290. The largest absolute Gasteiger partial charge is 0.462 e. The van der Waals surface area contributed by atoms with Crippen molar-refractivity contribution < 1.29 is 13.9 Å². The van der Waals surface area contributed by atoms with E-state index in [0.29, 0.717) is 17.4 Å². The molecule has 2 N–H and O–H groups in total. The monoisotopic (exact) mass is 544 g/mol. The average Bonchev–Trinajstić information content (AvgIpc) is 3.71. The molecule has 4 aromatic rings. The van der Waals surface area contributed by atoms with Crippen molar-refractivity contribution >= 4 is 28.1 Å². The molecule has 8 nitrogen and oxygen atoms in total. The number of nitrogens with zero attached hydrogens (tertiary/aromatic N) is 4. The molecule has 0 aliphatic carbocycles. The van der Waals surface area contributed by atoms with Gasteiger partial charge in [0.25, 0.3) is 5.91 Å². The molecule has 0 saturated carbocycles. The van der Waals surface area contributed by atoms with Crippen molar-refractivity contribution in [1.29, 1.82) is 0 Å². The topological polar surface area (TPSA) is 84.3 Å². The molecule has 1 amide bonds. The Morgan fingerprint density at radius 1 is 1.23 bits per heavy atom. The van der Waals surface area contributed by atoms with Gasteiger partial charge in [-0.1, -0.05) is 0 Å². The third-order valence-corrected chi connectivity index (χ3v) is 7.76. The van der Waals surface area contributed by atoms with E-state index in [1.807, 2.05) is 17.5 Å². The lowest BCUT2D eigenvalue weighted by atomic mass is 10.1. The Labute approximate surface area is 230 Å². The number of carbonyl (C=O) groups excluding carboxylic acids is 1. The summed E-state index contributed by atoms with van der Waals surface area (Å²) in [6, 6.07) is 15.1. The number of rotatable bonds is 8. The molecule has 0 radical (unpaired) electrons. The summed E-state index contributed by atoms with van der Waals surface area (Å²) in [5.74, 6) is 1.07. The standard InChI is InChI=1S/C29H29FN6O2S/c30-27-17-20(9-14-32-27)18-35-15-1-4-26(35)28(37)34-29-33-24(19-39-29)25-3-2-16-36(25)21-5-7-22(8-6-21)38-23-10-12-31-13-11-23/h1,4-10,14-15,17,19,25,31H,2-3,11-13,16,18H2,(H,33,34,37)/t25-/m1/s1. The van der Waals surface area contributed by atoms with Crippen LogP contribution in [0.2, 0.25) is 0 Å². The van der Waals surface area contributed by atoms with Gasteiger partial charge in [-0.2, -0.15) is 4.39 Å². The molecule has 2 aliphatic heterocycles. The number of amides is 1. The Morgan fingerprint density at radius 3 is 2.95 bits per heavy atom. The van der Waals surface area contributed by atoms with Gasteiger partial charge in [-0.15, -0.1) is 11.3 Å². The lowest BCUT2D eigenvalue weighted by molar-refractivity contribution is 0.101. The lowest BCUT2D eigenvalue weighted by Gasteiger charge is -2.26. The van der Waals surface area contributed by atoms with E-state index in [2.05, 4.69) is 38.7 Å². The molecule has 10 heteroatoms. The number of hydrogen-bond donors (Lipinski definition) is 2. The van der Waals surface area contributed by atoms with Gasteiger partial charge in [0.05, 0.1) is 11.7 Å². The number of thiazole rings is 1. The lowest BCUT2D eigenvalue weighted by Crippen LogP contribution is -2.23. The van der Waals surface area contributed by atoms with E-state index in [1.165, 1.54) is 23.6 Å². The second kappa shape index (κ2) is 11.4. The van der Waals surface area contributed by atoms with Crippen molar-refractivity contribution in [1.82, 2.24) is 19.9 Å². The second-order valence-electron chi connectivity index (χ2n) is 9.61. The van der Waals surface area contributed by atoms with Crippen LogP contribution in [0.1, 0.15) is 47.1 Å². The minimum atomic E-state index is -0.541. The molecular weight excluding hydrogens is 515 g/mol. The van der Waals surface area contributed by atoms with Gasteiger partial charge in [0.1, 0.15) is 17.2 Å². The molecule has 3 aromatic heterocycles. The van der Waals surface area contributed by atoms with E-state index < -0.39 is 5.95 Å². The highest BCUT2D eigenvalue weighted by molar-refractivity contribution is 7.14. The van der Waals surface area contributed by atoms with Crippen LogP contribution in [-0.2, 0) is 6.54 Å². The minimum absolute atomic E-state index is 0.149. The van der Waals surface area contributed by atoms with Crippen molar-refractivity contribution in [2.24, 2.45) is 0 Å². The minimum Gasteiger partial charge on any atom is -0.462 e. The molecule has 39 heavy (non-hydrogen) atoms. The van der Waals surface area contributed by atoms with E-state index in [4.69, 9.17) is 9.72 Å². The second-order valence-corrected chi connectivity index (χ2v) is 10.5. The summed E-state index contributed by atoms with van der Waals surface area (Å²) in [6.45, 7) is 3.10. The van der Waals surface area contributed by atoms with Crippen LogP contribution in [-0.4, -0.2) is 40.1 Å². The number of hydrogen-bond acceptors (Lipinski definition) is 7. The van der Waals surface area contributed by atoms with Crippen LogP contribution in [0.3, 0.4) is 0 Å². The Bertz CT molecular complexity index is 1480. The normalized spacial score (nSPS) is 17.2. The van der Waals surface area contributed by atoms with Crippen LogP contribution in [0.15, 0.2) is 78.1 Å². The molecule has 0 bridgehead atoms. The molecule has 5 heterocycles. The van der Waals surface area contributed by atoms with Crippen molar-refractivity contribution in [3.05, 3.63) is 101 Å². The van der Waals surface area contributed by atoms with E-state index in [0.717, 1.165) is 67.4 Å². The fraction of sp³-hybridized carbons (Fsp3) is 0.276. The van der Waals surface area contributed by atoms with Crippen molar-refractivity contribution in [3.8, 4) is 5.75 Å². The number of pyridine rings is 1. The van der Waals surface area contributed by atoms with Gasteiger partial charge in [0.2, 0.25) is 5.95 Å². The van der Waals surface area contributed by atoms with Gasteiger partial charge in [0.15, 0.2) is 5.13 Å². The smallest absolute Gasteiger partial charge is 0.274 e. The number of halogens is 1. The highest BCUT2D eigenvalue weighted by Crippen LogP contribution is 2.38. The maximum absolute atomic E-state index is 13.5. The first-order chi connectivity index (χ1) is 19.1. The first-order valence-electron chi connectivity index (χ1n) is 13.1. The van der Waals surface area contributed by atoms with E-state index in [-0.39, 0.29) is 11.9 Å². The Hall–Kier alpha value is -4.02. The summed E-state index contributed by atoms with van der Waals surface area (Å²) < 4.78 is 21.3. The zero-order valence-electron chi connectivity index (χ0n) is 21.3. The summed E-state index contributed by atoms with van der Waals surface area (Å²) in [4.78, 5) is 23.8. The third-order valence-electron chi connectivity index (χ3n) is 6.98. The molecule has 2 aliphatic rings. The van der Waals surface area contributed by atoms with Crippen LogP contribution in [0, 0.1) is 5.95 Å². The molecule has 0 spiro atoms. The van der Waals surface area contributed by atoms with Gasteiger partial charge in [-0.3, -0.25) is 10.1 Å².